The maximum Gasteiger partial charge on any atom is 0.228 e. The molecule has 0 radical (unpaired) electrons. The molecule has 0 aliphatic carbocycles. The first-order chi connectivity index (χ1) is 8.47. The summed E-state index contributed by atoms with van der Waals surface area (Å²) in [6, 6.07) is 0. The van der Waals surface area contributed by atoms with Gasteiger partial charge in [-0.25, -0.2) is 8.42 Å². The zero-order valence-corrected chi connectivity index (χ0v) is 13.4. The van der Waals surface area contributed by atoms with Gasteiger partial charge >= 0.3 is 0 Å². The molecule has 2 atom stereocenters. The predicted octanol–water partition coefficient (Wildman–Crippen LogP) is 1.70. The van der Waals surface area contributed by atoms with Crippen molar-refractivity contribution in [2.45, 2.75) is 46.3 Å². The van der Waals surface area contributed by atoms with Crippen molar-refractivity contribution in [2.24, 2.45) is 16.7 Å². The molecule has 2 aliphatic rings. The molecule has 0 aromatic carbocycles. The van der Waals surface area contributed by atoms with Gasteiger partial charge in [0.15, 0.2) is 9.84 Å². The molecule has 0 saturated carbocycles. The minimum absolute atomic E-state index is 0.0876. The highest BCUT2D eigenvalue weighted by Gasteiger charge is 2.51. The van der Waals surface area contributed by atoms with Gasteiger partial charge in [0.05, 0.1) is 11.0 Å². The molecule has 0 spiro atoms. The molecule has 4 nitrogen and oxygen atoms in total. The van der Waals surface area contributed by atoms with Crippen LogP contribution in [0, 0.1) is 16.7 Å². The Labute approximate surface area is 116 Å². The van der Waals surface area contributed by atoms with Gasteiger partial charge in [0.1, 0.15) is 0 Å². The number of amides is 1. The largest absolute Gasteiger partial charge is 0.341 e. The fraction of sp³-hybridized carbons (Fsp3) is 0.929. The molecule has 1 amide bonds. The summed E-state index contributed by atoms with van der Waals surface area (Å²) in [7, 11) is -2.97. The first kappa shape index (κ1) is 14.8. The standard InChI is InChI=1S/C14H25NO3S/c1-13(2,3)14(4,5)12(16)15-8-10-6-7-19(17,18)11(10)9-15/h10-11H,6-9H2,1-5H3/t10-,11+/m0/s1. The van der Waals surface area contributed by atoms with Crippen molar-refractivity contribution in [1.29, 1.82) is 0 Å². The molecule has 2 aliphatic heterocycles. The maximum atomic E-state index is 12.7. The third-order valence-electron chi connectivity index (χ3n) is 5.31. The summed E-state index contributed by atoms with van der Waals surface area (Å²) >= 11 is 0. The number of likely N-dealkylation sites (tertiary alicyclic amines) is 1. The Bertz CT molecular complexity index is 487. The Kier molecular flexibility index (Phi) is 3.28. The van der Waals surface area contributed by atoms with Crippen LogP contribution in [-0.4, -0.2) is 43.3 Å². The van der Waals surface area contributed by atoms with E-state index in [1.807, 2.05) is 13.8 Å². The molecule has 110 valence electrons. The van der Waals surface area contributed by atoms with Gasteiger partial charge in [-0.05, 0) is 17.8 Å². The Balaban J connectivity index is 2.17. The van der Waals surface area contributed by atoms with Gasteiger partial charge in [0.2, 0.25) is 5.91 Å². The van der Waals surface area contributed by atoms with E-state index < -0.39 is 15.3 Å². The normalized spacial score (nSPS) is 30.5. The Hall–Kier alpha value is -0.580. The number of nitrogens with zero attached hydrogens (tertiary/aromatic N) is 1. The summed E-state index contributed by atoms with van der Waals surface area (Å²) in [6.45, 7) is 11.1. The van der Waals surface area contributed by atoms with Crippen LogP contribution in [0.5, 0.6) is 0 Å². The van der Waals surface area contributed by atoms with Crippen LogP contribution in [0.15, 0.2) is 0 Å². The fourth-order valence-electron chi connectivity index (χ4n) is 2.87. The highest BCUT2D eigenvalue weighted by molar-refractivity contribution is 7.92. The molecule has 2 heterocycles. The number of carbonyl (C=O) groups is 1. The summed E-state index contributed by atoms with van der Waals surface area (Å²) in [5, 5.41) is -0.313. The van der Waals surface area contributed by atoms with Crippen LogP contribution in [0.2, 0.25) is 0 Å². The second-order valence-corrected chi connectivity index (χ2v) is 9.88. The zero-order valence-electron chi connectivity index (χ0n) is 12.6. The van der Waals surface area contributed by atoms with E-state index in [0.717, 1.165) is 0 Å². The van der Waals surface area contributed by atoms with Crippen LogP contribution in [0.25, 0.3) is 0 Å². The lowest BCUT2D eigenvalue weighted by Crippen LogP contribution is -2.47. The van der Waals surface area contributed by atoms with E-state index in [1.54, 1.807) is 4.90 Å². The molecule has 0 N–H and O–H groups in total. The molecule has 0 unspecified atom stereocenters. The second-order valence-electron chi connectivity index (χ2n) is 7.54. The van der Waals surface area contributed by atoms with Crippen molar-refractivity contribution in [2.75, 3.05) is 18.8 Å². The van der Waals surface area contributed by atoms with Gasteiger partial charge in [-0.15, -0.1) is 0 Å². The van der Waals surface area contributed by atoms with Crippen LogP contribution in [0.1, 0.15) is 41.0 Å². The molecular weight excluding hydrogens is 262 g/mol. The molecule has 2 saturated heterocycles. The average Bonchev–Trinajstić information content (AvgIpc) is 2.77. The number of carbonyl (C=O) groups excluding carboxylic acids is 1. The van der Waals surface area contributed by atoms with Crippen LogP contribution in [-0.2, 0) is 14.6 Å². The van der Waals surface area contributed by atoms with Crippen LogP contribution < -0.4 is 0 Å². The molecule has 0 aromatic heterocycles. The van der Waals surface area contributed by atoms with Gasteiger partial charge < -0.3 is 4.90 Å². The Morgan fingerprint density at radius 1 is 1.11 bits per heavy atom. The zero-order chi connectivity index (χ0) is 14.6. The predicted molar refractivity (Wildman–Crippen MR) is 75.5 cm³/mol. The first-order valence-corrected chi connectivity index (χ1v) is 8.69. The molecule has 2 rings (SSSR count). The number of rotatable bonds is 1. The van der Waals surface area contributed by atoms with Crippen molar-refractivity contribution in [3.8, 4) is 0 Å². The average molecular weight is 287 g/mol. The summed E-state index contributed by atoms with van der Waals surface area (Å²) in [5.41, 5.74) is -0.615. The summed E-state index contributed by atoms with van der Waals surface area (Å²) in [5.74, 6) is 0.543. The van der Waals surface area contributed by atoms with Gasteiger partial charge in [-0.1, -0.05) is 34.6 Å². The van der Waals surface area contributed by atoms with Crippen molar-refractivity contribution in [3.05, 3.63) is 0 Å². The Morgan fingerprint density at radius 2 is 1.68 bits per heavy atom. The fourth-order valence-corrected chi connectivity index (χ4v) is 5.02. The number of hydrogen-bond donors (Lipinski definition) is 0. The van der Waals surface area contributed by atoms with Crippen LogP contribution in [0.3, 0.4) is 0 Å². The lowest BCUT2D eigenvalue weighted by Gasteiger charge is -2.40. The van der Waals surface area contributed by atoms with E-state index in [4.69, 9.17) is 0 Å². The van der Waals surface area contributed by atoms with Gasteiger partial charge in [-0.3, -0.25) is 4.79 Å². The van der Waals surface area contributed by atoms with Gasteiger partial charge in [0, 0.05) is 18.5 Å². The van der Waals surface area contributed by atoms with Crippen LogP contribution >= 0.6 is 0 Å². The van der Waals surface area contributed by atoms with E-state index >= 15 is 0 Å². The second kappa shape index (κ2) is 4.21. The maximum absolute atomic E-state index is 12.7. The monoisotopic (exact) mass is 287 g/mol. The molecule has 0 aromatic rings. The SMILES string of the molecule is CC(C)(C)C(C)(C)C(=O)N1C[C@@H]2CCS(=O)(=O)[C@@H]2C1. The van der Waals surface area contributed by atoms with E-state index in [1.165, 1.54) is 0 Å². The Morgan fingerprint density at radius 3 is 2.16 bits per heavy atom. The summed E-state index contributed by atoms with van der Waals surface area (Å²) < 4.78 is 23.8. The van der Waals surface area contributed by atoms with Crippen LogP contribution in [0.4, 0.5) is 0 Å². The third-order valence-corrected chi connectivity index (χ3v) is 7.57. The van der Waals surface area contributed by atoms with Crippen molar-refractivity contribution in [1.82, 2.24) is 4.90 Å². The molecular formula is C14H25NO3S. The molecule has 0 bridgehead atoms. The molecule has 19 heavy (non-hydrogen) atoms. The molecule has 2 fully saturated rings. The number of sulfone groups is 1. The summed E-state index contributed by atoms with van der Waals surface area (Å²) in [6.07, 6.45) is 0.715. The first-order valence-electron chi connectivity index (χ1n) is 6.98. The number of fused-ring (bicyclic) bond motifs is 1. The highest BCUT2D eigenvalue weighted by atomic mass is 32.2. The lowest BCUT2D eigenvalue weighted by atomic mass is 9.68. The van der Waals surface area contributed by atoms with E-state index in [0.29, 0.717) is 25.3 Å². The van der Waals surface area contributed by atoms with Crippen molar-refractivity contribution >= 4 is 15.7 Å². The summed E-state index contributed by atoms with van der Waals surface area (Å²) in [4.78, 5) is 14.5. The third kappa shape index (κ3) is 2.30. The van der Waals surface area contributed by atoms with E-state index in [9.17, 15) is 13.2 Å². The highest BCUT2D eigenvalue weighted by Crippen LogP contribution is 2.42. The lowest BCUT2D eigenvalue weighted by molar-refractivity contribution is -0.145. The van der Waals surface area contributed by atoms with E-state index in [2.05, 4.69) is 20.8 Å². The molecule has 5 heteroatoms. The minimum atomic E-state index is -2.97. The number of hydrogen-bond acceptors (Lipinski definition) is 3. The van der Waals surface area contributed by atoms with E-state index in [-0.39, 0.29) is 22.5 Å². The topological polar surface area (TPSA) is 54.5 Å². The van der Waals surface area contributed by atoms with Gasteiger partial charge in [-0.2, -0.15) is 0 Å². The van der Waals surface area contributed by atoms with Crippen molar-refractivity contribution < 1.29 is 13.2 Å². The van der Waals surface area contributed by atoms with Gasteiger partial charge in [0.25, 0.3) is 0 Å². The smallest absolute Gasteiger partial charge is 0.228 e. The van der Waals surface area contributed by atoms with Crippen molar-refractivity contribution in [3.63, 3.8) is 0 Å². The minimum Gasteiger partial charge on any atom is -0.341 e. The quantitative estimate of drug-likeness (QED) is 0.737.